The number of nitrogens with zero attached hydrogens (tertiary/aromatic N) is 2. The lowest BCUT2D eigenvalue weighted by Gasteiger charge is -2.17. The van der Waals surface area contributed by atoms with Gasteiger partial charge in [0, 0.05) is 23.4 Å². The van der Waals surface area contributed by atoms with Gasteiger partial charge in [0.15, 0.2) is 17.2 Å². The van der Waals surface area contributed by atoms with Gasteiger partial charge in [0.05, 0.1) is 25.9 Å². The second kappa shape index (κ2) is 8.66. The van der Waals surface area contributed by atoms with Crippen molar-refractivity contribution in [1.29, 1.82) is 0 Å². The Morgan fingerprint density at radius 3 is 2.23 bits per heavy atom. The van der Waals surface area contributed by atoms with Crippen LogP contribution in [-0.4, -0.2) is 29.9 Å². The van der Waals surface area contributed by atoms with Gasteiger partial charge >= 0.3 is 6.18 Å². The summed E-state index contributed by atoms with van der Waals surface area (Å²) in [5.41, 5.74) is -0.204. The molecular formula is C21H19F4N3O3. The Hall–Kier alpha value is -3.56. The molecule has 2 aromatic carbocycles. The summed E-state index contributed by atoms with van der Waals surface area (Å²) < 4.78 is 63.8. The lowest BCUT2D eigenvalue weighted by molar-refractivity contribution is -0.141. The summed E-state index contributed by atoms with van der Waals surface area (Å²) in [4.78, 5) is 12.5. The molecule has 6 nitrogen and oxygen atoms in total. The molecule has 0 spiro atoms. The van der Waals surface area contributed by atoms with Crippen molar-refractivity contribution >= 4 is 5.91 Å². The first-order valence-corrected chi connectivity index (χ1v) is 9.09. The highest BCUT2D eigenvalue weighted by molar-refractivity contribution is 5.94. The number of ether oxygens (including phenoxy) is 2. The quantitative estimate of drug-likeness (QED) is 0.575. The van der Waals surface area contributed by atoms with Crippen LogP contribution in [-0.2, 0) is 6.18 Å². The molecule has 31 heavy (non-hydrogen) atoms. The highest BCUT2D eigenvalue weighted by Gasteiger charge is 2.33. The number of amides is 1. The highest BCUT2D eigenvalue weighted by atomic mass is 19.4. The zero-order valence-electron chi connectivity index (χ0n) is 16.8. The highest BCUT2D eigenvalue weighted by Crippen LogP contribution is 2.32. The van der Waals surface area contributed by atoms with Crippen LogP contribution in [0.3, 0.4) is 0 Å². The lowest BCUT2D eigenvalue weighted by Crippen LogP contribution is -2.27. The number of benzene rings is 2. The van der Waals surface area contributed by atoms with Crippen molar-refractivity contribution in [3.8, 4) is 17.2 Å². The van der Waals surface area contributed by atoms with E-state index in [1.807, 2.05) is 0 Å². The summed E-state index contributed by atoms with van der Waals surface area (Å²) in [6.45, 7) is 1.61. The number of nitrogens with one attached hydrogen (secondary N) is 1. The first-order valence-electron chi connectivity index (χ1n) is 9.09. The number of halogens is 4. The maximum atomic E-state index is 14.4. The molecular weight excluding hydrogens is 418 g/mol. The monoisotopic (exact) mass is 437 g/mol. The minimum absolute atomic E-state index is 0.207. The predicted octanol–water partition coefficient (Wildman–Crippen LogP) is 4.54. The Morgan fingerprint density at radius 2 is 1.68 bits per heavy atom. The van der Waals surface area contributed by atoms with E-state index in [9.17, 15) is 22.4 Å². The minimum Gasteiger partial charge on any atom is -0.493 e. The summed E-state index contributed by atoms with van der Waals surface area (Å²) in [7, 11) is 2.81. The van der Waals surface area contributed by atoms with E-state index in [4.69, 9.17) is 9.47 Å². The molecule has 0 radical (unpaired) electrons. The summed E-state index contributed by atoms with van der Waals surface area (Å²) in [5, 5.41) is 6.16. The molecule has 3 rings (SSSR count). The number of alkyl halides is 3. The largest absolute Gasteiger partial charge is 0.493 e. The fourth-order valence-corrected chi connectivity index (χ4v) is 2.94. The maximum Gasteiger partial charge on any atom is 0.435 e. The van der Waals surface area contributed by atoms with Crippen LogP contribution in [0.5, 0.6) is 11.5 Å². The van der Waals surface area contributed by atoms with Crippen molar-refractivity contribution in [2.45, 2.75) is 19.1 Å². The normalized spacial score (nSPS) is 12.4. The van der Waals surface area contributed by atoms with Crippen LogP contribution < -0.4 is 14.8 Å². The van der Waals surface area contributed by atoms with Crippen LogP contribution in [0.25, 0.3) is 5.69 Å². The molecule has 1 atom stereocenters. The lowest BCUT2D eigenvalue weighted by atomic mass is 10.1. The Balaban J connectivity index is 1.74. The Bertz CT molecular complexity index is 1080. The summed E-state index contributed by atoms with van der Waals surface area (Å²) in [6, 6.07) is 8.60. The molecule has 1 amide bonds. The van der Waals surface area contributed by atoms with Gasteiger partial charge < -0.3 is 14.8 Å². The average molecular weight is 437 g/mol. The maximum absolute atomic E-state index is 14.4. The topological polar surface area (TPSA) is 65.4 Å². The van der Waals surface area contributed by atoms with Gasteiger partial charge in [0.1, 0.15) is 5.82 Å². The Labute approximate surface area is 175 Å². The number of carbonyl (C=O) groups excluding carboxylic acids is 1. The van der Waals surface area contributed by atoms with E-state index in [1.54, 1.807) is 6.92 Å². The van der Waals surface area contributed by atoms with Crippen LogP contribution in [0.2, 0.25) is 0 Å². The summed E-state index contributed by atoms with van der Waals surface area (Å²) in [6.07, 6.45) is -3.36. The molecule has 0 bridgehead atoms. The molecule has 1 heterocycles. The van der Waals surface area contributed by atoms with Crippen LogP contribution in [0.1, 0.15) is 34.6 Å². The minimum atomic E-state index is -4.54. The van der Waals surface area contributed by atoms with Gasteiger partial charge in [-0.25, -0.2) is 9.07 Å². The molecule has 0 fully saturated rings. The molecule has 164 valence electrons. The first kappa shape index (κ1) is 22.1. The van der Waals surface area contributed by atoms with Gasteiger partial charge in [-0.05, 0) is 43.3 Å². The summed E-state index contributed by atoms with van der Waals surface area (Å²) in [5.74, 6) is -0.503. The molecule has 3 aromatic rings. The van der Waals surface area contributed by atoms with E-state index in [2.05, 4.69) is 10.4 Å². The smallest absolute Gasteiger partial charge is 0.435 e. The first-order chi connectivity index (χ1) is 14.6. The second-order valence-electron chi connectivity index (χ2n) is 6.61. The van der Waals surface area contributed by atoms with Gasteiger partial charge in [-0.2, -0.15) is 18.3 Å². The van der Waals surface area contributed by atoms with E-state index in [0.717, 1.165) is 10.7 Å². The van der Waals surface area contributed by atoms with E-state index < -0.39 is 29.6 Å². The van der Waals surface area contributed by atoms with Crippen molar-refractivity contribution in [3.05, 3.63) is 71.3 Å². The van der Waals surface area contributed by atoms with Crippen molar-refractivity contribution in [2.75, 3.05) is 14.2 Å². The average Bonchev–Trinajstić information content (AvgIpc) is 3.24. The molecule has 1 N–H and O–H groups in total. The fourth-order valence-electron chi connectivity index (χ4n) is 2.94. The third-order valence-electron chi connectivity index (χ3n) is 4.59. The molecule has 0 aliphatic rings. The van der Waals surface area contributed by atoms with Gasteiger partial charge in [-0.1, -0.05) is 0 Å². The van der Waals surface area contributed by atoms with Gasteiger partial charge in [0.2, 0.25) is 0 Å². The molecule has 0 aliphatic heterocycles. The summed E-state index contributed by atoms with van der Waals surface area (Å²) >= 11 is 0. The molecule has 0 aliphatic carbocycles. The zero-order chi connectivity index (χ0) is 22.8. The fraction of sp³-hybridized carbons (Fsp3) is 0.238. The SMILES string of the molecule is COc1cc(F)c(C(C)NC(=O)c2ccc(-n3ccc(C(F)(F)F)n3)cc2)cc1OC. The van der Waals surface area contributed by atoms with Crippen LogP contribution in [0, 0.1) is 5.82 Å². The van der Waals surface area contributed by atoms with Crippen LogP contribution in [0.4, 0.5) is 17.6 Å². The predicted molar refractivity (Wildman–Crippen MR) is 104 cm³/mol. The number of hydrogen-bond donors (Lipinski definition) is 1. The van der Waals surface area contributed by atoms with Gasteiger partial charge in [-0.15, -0.1) is 0 Å². The van der Waals surface area contributed by atoms with Crippen LogP contribution in [0.15, 0.2) is 48.7 Å². The molecule has 1 aromatic heterocycles. The third kappa shape index (κ3) is 4.79. The number of carbonyl (C=O) groups is 1. The zero-order valence-corrected chi connectivity index (χ0v) is 16.8. The molecule has 1 unspecified atom stereocenters. The Kier molecular flexibility index (Phi) is 6.19. The number of aromatic nitrogens is 2. The number of rotatable bonds is 6. The number of hydrogen-bond acceptors (Lipinski definition) is 4. The van der Waals surface area contributed by atoms with Crippen molar-refractivity contribution < 1.29 is 31.8 Å². The second-order valence-corrected chi connectivity index (χ2v) is 6.61. The van der Waals surface area contributed by atoms with E-state index >= 15 is 0 Å². The van der Waals surface area contributed by atoms with Crippen molar-refractivity contribution in [2.24, 2.45) is 0 Å². The number of methoxy groups -OCH3 is 2. The van der Waals surface area contributed by atoms with Gasteiger partial charge in [-0.3, -0.25) is 4.79 Å². The third-order valence-corrected chi connectivity index (χ3v) is 4.59. The van der Waals surface area contributed by atoms with Crippen molar-refractivity contribution in [1.82, 2.24) is 15.1 Å². The van der Waals surface area contributed by atoms with Gasteiger partial charge in [0.25, 0.3) is 5.91 Å². The molecule has 0 saturated heterocycles. The Morgan fingerprint density at radius 1 is 1.06 bits per heavy atom. The standard InChI is InChI=1S/C21H19F4N3O3/c1-12(15-10-17(30-2)18(31-3)11-16(15)22)26-20(29)13-4-6-14(7-5-13)28-9-8-19(27-28)21(23,24)25/h4-12H,1-3H3,(H,26,29). The van der Waals surface area contributed by atoms with E-state index in [1.165, 1.54) is 56.8 Å². The molecule has 10 heteroatoms. The molecule has 0 saturated carbocycles. The van der Waals surface area contributed by atoms with E-state index in [0.29, 0.717) is 11.4 Å². The van der Waals surface area contributed by atoms with E-state index in [-0.39, 0.29) is 16.9 Å². The van der Waals surface area contributed by atoms with Crippen LogP contribution >= 0.6 is 0 Å². The van der Waals surface area contributed by atoms with Crippen molar-refractivity contribution in [3.63, 3.8) is 0 Å².